The smallest absolute Gasteiger partial charge is 0.262 e. The number of anilines is 1. The second-order valence-corrected chi connectivity index (χ2v) is 5.44. The molecular weight excluding hydrogens is 304 g/mol. The second kappa shape index (κ2) is 8.72. The molecule has 0 spiro atoms. The molecule has 0 aliphatic rings. The molecule has 0 atom stereocenters. The number of ether oxygens (including phenoxy) is 1. The van der Waals surface area contributed by atoms with Crippen molar-refractivity contribution in [3.63, 3.8) is 0 Å². The van der Waals surface area contributed by atoms with Crippen LogP contribution >= 0.6 is 0 Å². The van der Waals surface area contributed by atoms with Crippen LogP contribution in [0.2, 0.25) is 0 Å². The number of benzene rings is 2. The van der Waals surface area contributed by atoms with E-state index in [0.29, 0.717) is 23.5 Å². The Bertz CT molecular complexity index is 696. The Morgan fingerprint density at radius 1 is 1.04 bits per heavy atom. The van der Waals surface area contributed by atoms with Crippen LogP contribution in [0.1, 0.15) is 29.3 Å². The third kappa shape index (κ3) is 5.12. The fraction of sp³-hybridized carbons (Fsp3) is 0.263. The van der Waals surface area contributed by atoms with E-state index in [9.17, 15) is 9.59 Å². The van der Waals surface area contributed by atoms with E-state index >= 15 is 0 Å². The molecule has 0 heterocycles. The molecule has 0 bridgehead atoms. The zero-order valence-corrected chi connectivity index (χ0v) is 14.0. The lowest BCUT2D eigenvalue weighted by Gasteiger charge is -2.10. The highest BCUT2D eigenvalue weighted by Crippen LogP contribution is 2.16. The number of rotatable bonds is 7. The summed E-state index contributed by atoms with van der Waals surface area (Å²) in [6.45, 7) is 4.50. The lowest BCUT2D eigenvalue weighted by atomic mass is 10.2. The van der Waals surface area contributed by atoms with Crippen LogP contribution < -0.4 is 15.4 Å². The number of aryl methyl sites for hydroxylation is 1. The Morgan fingerprint density at radius 3 is 2.42 bits per heavy atom. The quantitative estimate of drug-likeness (QED) is 0.821. The van der Waals surface area contributed by atoms with Crippen molar-refractivity contribution in [2.45, 2.75) is 20.3 Å². The summed E-state index contributed by atoms with van der Waals surface area (Å²) < 4.78 is 5.50. The van der Waals surface area contributed by atoms with Crippen LogP contribution in [-0.4, -0.2) is 25.0 Å². The van der Waals surface area contributed by atoms with Gasteiger partial charge in [-0.3, -0.25) is 9.59 Å². The summed E-state index contributed by atoms with van der Waals surface area (Å²) in [6.07, 6.45) is 0.890. The molecule has 0 aliphatic heterocycles. The fourth-order valence-electron chi connectivity index (χ4n) is 2.10. The van der Waals surface area contributed by atoms with Crippen molar-refractivity contribution in [2.24, 2.45) is 0 Å². The van der Waals surface area contributed by atoms with E-state index in [-0.39, 0.29) is 18.4 Å². The minimum absolute atomic E-state index is 0.0659. The van der Waals surface area contributed by atoms with Gasteiger partial charge in [-0.2, -0.15) is 0 Å². The molecule has 0 saturated heterocycles. The highest BCUT2D eigenvalue weighted by atomic mass is 16.5. The van der Waals surface area contributed by atoms with E-state index in [4.69, 9.17) is 4.74 Å². The molecule has 0 saturated carbocycles. The van der Waals surface area contributed by atoms with E-state index in [1.165, 1.54) is 0 Å². The third-order valence-corrected chi connectivity index (χ3v) is 3.42. The highest BCUT2D eigenvalue weighted by Gasteiger charge is 2.07. The Hall–Kier alpha value is -2.82. The van der Waals surface area contributed by atoms with Gasteiger partial charge in [-0.05, 0) is 49.2 Å². The summed E-state index contributed by atoms with van der Waals surface area (Å²) in [6, 6.07) is 14.3. The maximum Gasteiger partial charge on any atom is 0.262 e. The first kappa shape index (κ1) is 17.5. The summed E-state index contributed by atoms with van der Waals surface area (Å²) >= 11 is 0. The summed E-state index contributed by atoms with van der Waals surface area (Å²) in [5.41, 5.74) is 2.17. The number of para-hydroxylation sites is 1. The molecule has 0 aliphatic carbocycles. The van der Waals surface area contributed by atoms with Crippen LogP contribution in [0.4, 0.5) is 5.69 Å². The van der Waals surface area contributed by atoms with Crippen LogP contribution in [-0.2, 0) is 4.79 Å². The minimum Gasteiger partial charge on any atom is -0.483 e. The van der Waals surface area contributed by atoms with Gasteiger partial charge in [0.25, 0.3) is 11.8 Å². The van der Waals surface area contributed by atoms with Gasteiger partial charge in [0.15, 0.2) is 6.61 Å². The van der Waals surface area contributed by atoms with E-state index in [1.54, 1.807) is 24.3 Å². The van der Waals surface area contributed by atoms with Gasteiger partial charge in [0.05, 0.1) is 0 Å². The molecule has 5 heteroatoms. The Morgan fingerprint density at radius 2 is 1.75 bits per heavy atom. The molecule has 2 rings (SSSR count). The van der Waals surface area contributed by atoms with E-state index in [1.807, 2.05) is 38.1 Å². The molecule has 2 aromatic rings. The Kier molecular flexibility index (Phi) is 6.37. The van der Waals surface area contributed by atoms with Crippen LogP contribution in [0, 0.1) is 6.92 Å². The van der Waals surface area contributed by atoms with Crippen LogP contribution in [0.15, 0.2) is 48.5 Å². The first-order valence-electron chi connectivity index (χ1n) is 7.96. The topological polar surface area (TPSA) is 67.4 Å². The summed E-state index contributed by atoms with van der Waals surface area (Å²) in [4.78, 5) is 23.8. The van der Waals surface area contributed by atoms with Crippen molar-refractivity contribution in [3.8, 4) is 5.75 Å². The van der Waals surface area contributed by atoms with Gasteiger partial charge in [-0.1, -0.05) is 25.1 Å². The monoisotopic (exact) mass is 326 g/mol. The zero-order chi connectivity index (χ0) is 17.4. The maximum atomic E-state index is 11.9. The lowest BCUT2D eigenvalue weighted by molar-refractivity contribution is -0.118. The number of hydrogen-bond donors (Lipinski definition) is 2. The van der Waals surface area contributed by atoms with Gasteiger partial charge in [-0.25, -0.2) is 0 Å². The zero-order valence-electron chi connectivity index (χ0n) is 14.0. The van der Waals surface area contributed by atoms with Gasteiger partial charge in [0.2, 0.25) is 0 Å². The van der Waals surface area contributed by atoms with Crippen molar-refractivity contribution in [3.05, 3.63) is 59.7 Å². The van der Waals surface area contributed by atoms with Crippen molar-refractivity contribution in [1.82, 2.24) is 5.32 Å². The number of carbonyl (C=O) groups is 2. The first-order chi connectivity index (χ1) is 11.6. The van der Waals surface area contributed by atoms with Gasteiger partial charge >= 0.3 is 0 Å². The van der Waals surface area contributed by atoms with Crippen molar-refractivity contribution < 1.29 is 14.3 Å². The predicted molar refractivity (Wildman–Crippen MR) is 94.4 cm³/mol. The molecule has 2 N–H and O–H groups in total. The number of nitrogens with one attached hydrogen (secondary N) is 2. The van der Waals surface area contributed by atoms with Crippen LogP contribution in [0.5, 0.6) is 5.75 Å². The van der Waals surface area contributed by atoms with Gasteiger partial charge in [0.1, 0.15) is 5.75 Å². The average Bonchev–Trinajstić information content (AvgIpc) is 2.59. The molecule has 126 valence electrons. The van der Waals surface area contributed by atoms with Gasteiger partial charge in [-0.15, -0.1) is 0 Å². The lowest BCUT2D eigenvalue weighted by Crippen LogP contribution is -2.24. The molecule has 0 radical (unpaired) electrons. The molecule has 24 heavy (non-hydrogen) atoms. The first-order valence-corrected chi connectivity index (χ1v) is 7.96. The Labute approximate surface area is 142 Å². The van der Waals surface area contributed by atoms with Gasteiger partial charge in [0, 0.05) is 17.8 Å². The standard InChI is InChI=1S/C19H22N2O3/c1-3-12-20-19(23)15-8-10-16(11-9-15)21-18(22)13-24-17-7-5-4-6-14(17)2/h4-11H,3,12-13H2,1-2H3,(H,20,23)(H,21,22). The molecule has 2 aromatic carbocycles. The van der Waals surface area contributed by atoms with Crippen molar-refractivity contribution in [2.75, 3.05) is 18.5 Å². The van der Waals surface area contributed by atoms with Crippen LogP contribution in [0.3, 0.4) is 0 Å². The van der Waals surface area contributed by atoms with Crippen LogP contribution in [0.25, 0.3) is 0 Å². The molecule has 2 amide bonds. The largest absolute Gasteiger partial charge is 0.483 e. The molecule has 0 aromatic heterocycles. The number of amides is 2. The van der Waals surface area contributed by atoms with E-state index in [2.05, 4.69) is 10.6 Å². The molecule has 0 fully saturated rings. The minimum atomic E-state index is -0.249. The molecule has 5 nitrogen and oxygen atoms in total. The molecular formula is C19H22N2O3. The fourth-order valence-corrected chi connectivity index (χ4v) is 2.10. The number of hydrogen-bond acceptors (Lipinski definition) is 3. The maximum absolute atomic E-state index is 11.9. The average molecular weight is 326 g/mol. The van der Waals surface area contributed by atoms with E-state index in [0.717, 1.165) is 12.0 Å². The molecule has 0 unspecified atom stereocenters. The van der Waals surface area contributed by atoms with Crippen molar-refractivity contribution in [1.29, 1.82) is 0 Å². The SMILES string of the molecule is CCCNC(=O)c1ccc(NC(=O)COc2ccccc2C)cc1. The Balaban J connectivity index is 1.85. The summed E-state index contributed by atoms with van der Waals surface area (Å²) in [5.74, 6) is 0.328. The second-order valence-electron chi connectivity index (χ2n) is 5.44. The van der Waals surface area contributed by atoms with E-state index < -0.39 is 0 Å². The predicted octanol–water partition coefficient (Wildman–Crippen LogP) is 3.15. The summed E-state index contributed by atoms with van der Waals surface area (Å²) in [7, 11) is 0. The number of carbonyl (C=O) groups excluding carboxylic acids is 2. The summed E-state index contributed by atoms with van der Waals surface area (Å²) in [5, 5.41) is 5.55. The highest BCUT2D eigenvalue weighted by molar-refractivity contribution is 5.96. The van der Waals surface area contributed by atoms with Gasteiger partial charge < -0.3 is 15.4 Å². The third-order valence-electron chi connectivity index (χ3n) is 3.42. The van der Waals surface area contributed by atoms with Crippen molar-refractivity contribution >= 4 is 17.5 Å². The normalized spacial score (nSPS) is 10.1.